The minimum atomic E-state index is -3.78. The number of aromatic nitrogens is 2. The first-order chi connectivity index (χ1) is 14.8. The molecule has 31 heavy (non-hydrogen) atoms. The maximum Gasteiger partial charge on any atom is 0.321 e. The van der Waals surface area contributed by atoms with Crippen LogP contribution in [0.3, 0.4) is 0 Å². The zero-order valence-electron chi connectivity index (χ0n) is 17.2. The van der Waals surface area contributed by atoms with E-state index in [0.717, 1.165) is 16.5 Å². The molecule has 0 saturated heterocycles. The number of carbonyl (C=O) groups excluding carboxylic acids is 1. The minimum Gasteiger partial charge on any atom is -0.455 e. The number of sulfonamides is 1. The van der Waals surface area contributed by atoms with E-state index in [4.69, 9.17) is 9.26 Å². The summed E-state index contributed by atoms with van der Waals surface area (Å²) in [7, 11) is -3.78. The number of hydrogen-bond acceptors (Lipinski definition) is 7. The first-order valence-electron chi connectivity index (χ1n) is 9.64. The van der Waals surface area contributed by atoms with Crippen molar-refractivity contribution in [2.24, 2.45) is 0 Å². The maximum absolute atomic E-state index is 12.0. The highest BCUT2D eigenvalue weighted by Crippen LogP contribution is 2.20. The van der Waals surface area contributed by atoms with Crippen LogP contribution >= 0.6 is 0 Å². The van der Waals surface area contributed by atoms with Gasteiger partial charge in [0.25, 0.3) is 5.89 Å². The number of rotatable bonds is 9. The Kier molecular flexibility index (Phi) is 7.32. The van der Waals surface area contributed by atoms with Gasteiger partial charge < -0.3 is 9.26 Å². The number of benzene rings is 2. The van der Waals surface area contributed by atoms with E-state index >= 15 is 0 Å². The second-order valence-electron chi connectivity index (χ2n) is 7.03. The summed E-state index contributed by atoms with van der Waals surface area (Å²) in [6.07, 6.45) is 1.43. The fourth-order valence-electron chi connectivity index (χ4n) is 2.58. The molecule has 0 bridgehead atoms. The first-order valence-corrected chi connectivity index (χ1v) is 11.2. The first kappa shape index (κ1) is 22.4. The fraction of sp³-hybridized carbons (Fsp3) is 0.227. The normalized spacial score (nSPS) is 11.8. The molecule has 0 amide bonds. The molecule has 162 valence electrons. The predicted molar refractivity (Wildman–Crippen MR) is 116 cm³/mol. The molecule has 8 nitrogen and oxygen atoms in total. The van der Waals surface area contributed by atoms with Crippen molar-refractivity contribution in [1.29, 1.82) is 0 Å². The highest BCUT2D eigenvalue weighted by molar-refractivity contribution is 7.92. The van der Waals surface area contributed by atoms with Gasteiger partial charge in [-0.1, -0.05) is 73.6 Å². The Morgan fingerprint density at radius 1 is 1.13 bits per heavy atom. The second kappa shape index (κ2) is 10.1. The van der Waals surface area contributed by atoms with Crippen molar-refractivity contribution >= 4 is 22.1 Å². The average molecular weight is 442 g/mol. The van der Waals surface area contributed by atoms with Crippen LogP contribution in [0.2, 0.25) is 0 Å². The smallest absolute Gasteiger partial charge is 0.321 e. The van der Waals surface area contributed by atoms with Gasteiger partial charge in [-0.05, 0) is 23.1 Å². The van der Waals surface area contributed by atoms with E-state index in [0.29, 0.717) is 11.7 Å². The molecule has 0 saturated carbocycles. The zero-order valence-corrected chi connectivity index (χ0v) is 18.0. The molecular formula is C22H23N3O5S. The Hall–Kier alpha value is -3.30. The van der Waals surface area contributed by atoms with E-state index < -0.39 is 22.5 Å². The lowest BCUT2D eigenvalue weighted by Gasteiger charge is -2.04. The Balaban J connectivity index is 1.48. The summed E-state index contributed by atoms with van der Waals surface area (Å²) in [5.41, 5.74) is 2.70. The molecule has 0 aliphatic heterocycles. The van der Waals surface area contributed by atoms with E-state index in [1.54, 1.807) is 24.3 Å². The average Bonchev–Trinajstić information content (AvgIpc) is 3.25. The van der Waals surface area contributed by atoms with Crippen molar-refractivity contribution in [2.45, 2.75) is 26.4 Å². The lowest BCUT2D eigenvalue weighted by Crippen LogP contribution is -2.29. The summed E-state index contributed by atoms with van der Waals surface area (Å²) in [5.74, 6) is 0.148. The molecule has 0 aliphatic rings. The van der Waals surface area contributed by atoms with Gasteiger partial charge in [-0.3, -0.25) is 4.79 Å². The van der Waals surface area contributed by atoms with Crippen molar-refractivity contribution in [1.82, 2.24) is 14.9 Å². The van der Waals surface area contributed by atoms with Crippen LogP contribution in [0.1, 0.15) is 36.8 Å². The summed E-state index contributed by atoms with van der Waals surface area (Å²) in [6, 6.07) is 16.7. The zero-order chi connectivity index (χ0) is 22.3. The summed E-state index contributed by atoms with van der Waals surface area (Å²) < 4.78 is 36.2. The van der Waals surface area contributed by atoms with Crippen molar-refractivity contribution in [3.8, 4) is 11.4 Å². The SMILES string of the molecule is CC(C)c1ccc(-c2noc(COC(=O)CNS(=O)(=O)/C=C/c3ccccc3)n2)cc1. The largest absolute Gasteiger partial charge is 0.455 e. The Labute approximate surface area is 181 Å². The van der Waals surface area contributed by atoms with Gasteiger partial charge in [0.2, 0.25) is 15.8 Å². The summed E-state index contributed by atoms with van der Waals surface area (Å²) in [4.78, 5) is 16.0. The van der Waals surface area contributed by atoms with Crippen LogP contribution in [0.5, 0.6) is 0 Å². The van der Waals surface area contributed by atoms with Crippen molar-refractivity contribution in [2.75, 3.05) is 6.54 Å². The molecule has 1 heterocycles. The highest BCUT2D eigenvalue weighted by atomic mass is 32.2. The number of esters is 1. The summed E-state index contributed by atoms with van der Waals surface area (Å²) >= 11 is 0. The predicted octanol–water partition coefficient (Wildman–Crippen LogP) is 3.49. The molecule has 0 aliphatic carbocycles. The number of nitrogens with zero attached hydrogens (tertiary/aromatic N) is 2. The van der Waals surface area contributed by atoms with Gasteiger partial charge in [0.15, 0.2) is 6.61 Å². The molecule has 0 atom stereocenters. The second-order valence-corrected chi connectivity index (χ2v) is 8.68. The van der Waals surface area contributed by atoms with Gasteiger partial charge in [-0.15, -0.1) is 0 Å². The van der Waals surface area contributed by atoms with Crippen molar-refractivity contribution < 1.29 is 22.5 Å². The van der Waals surface area contributed by atoms with Gasteiger partial charge in [0, 0.05) is 11.0 Å². The van der Waals surface area contributed by atoms with Crippen LogP contribution in [0, 0.1) is 0 Å². The molecule has 0 radical (unpaired) electrons. The minimum absolute atomic E-state index is 0.114. The molecule has 1 N–H and O–H groups in total. The van der Waals surface area contributed by atoms with Crippen LogP contribution in [-0.2, 0) is 26.2 Å². The van der Waals surface area contributed by atoms with E-state index in [9.17, 15) is 13.2 Å². The molecule has 3 aromatic rings. The third-order valence-electron chi connectivity index (χ3n) is 4.32. The molecule has 0 fully saturated rings. The monoisotopic (exact) mass is 441 g/mol. The van der Waals surface area contributed by atoms with Gasteiger partial charge in [-0.25, -0.2) is 13.1 Å². The summed E-state index contributed by atoms with van der Waals surface area (Å²) in [5, 5.41) is 4.87. The molecule has 2 aromatic carbocycles. The van der Waals surface area contributed by atoms with Gasteiger partial charge >= 0.3 is 5.97 Å². The summed E-state index contributed by atoms with van der Waals surface area (Å²) in [6.45, 7) is 3.45. The van der Waals surface area contributed by atoms with Crippen LogP contribution in [0.15, 0.2) is 64.5 Å². The van der Waals surface area contributed by atoms with Crippen LogP contribution in [-0.4, -0.2) is 31.1 Å². The van der Waals surface area contributed by atoms with Gasteiger partial charge in [0.1, 0.15) is 6.54 Å². The van der Waals surface area contributed by atoms with Crippen LogP contribution in [0.25, 0.3) is 17.5 Å². The lowest BCUT2D eigenvalue weighted by molar-refractivity contribution is -0.144. The van der Waals surface area contributed by atoms with Crippen molar-refractivity contribution in [3.05, 3.63) is 77.0 Å². The van der Waals surface area contributed by atoms with E-state index in [-0.39, 0.29) is 12.5 Å². The van der Waals surface area contributed by atoms with Gasteiger partial charge in [-0.2, -0.15) is 4.98 Å². The Bertz CT molecular complexity index is 1140. The standard InChI is InChI=1S/C22H23N3O5S/c1-16(2)18-8-10-19(11-9-18)22-24-20(30-25-22)15-29-21(26)14-23-31(27,28)13-12-17-6-4-3-5-7-17/h3-13,16,23H,14-15H2,1-2H3/b13-12+. The van der Waals surface area contributed by atoms with Crippen LogP contribution < -0.4 is 4.72 Å². The molecule has 9 heteroatoms. The van der Waals surface area contributed by atoms with Crippen molar-refractivity contribution in [3.63, 3.8) is 0 Å². The molecule has 3 rings (SSSR count). The van der Waals surface area contributed by atoms with E-state index in [1.165, 1.54) is 11.6 Å². The molecular weight excluding hydrogens is 418 g/mol. The van der Waals surface area contributed by atoms with E-state index in [1.807, 2.05) is 30.3 Å². The third-order valence-corrected chi connectivity index (χ3v) is 5.36. The fourth-order valence-corrected chi connectivity index (χ4v) is 3.33. The molecule has 0 spiro atoms. The number of carbonyl (C=O) groups is 1. The topological polar surface area (TPSA) is 111 Å². The Morgan fingerprint density at radius 3 is 2.52 bits per heavy atom. The van der Waals surface area contributed by atoms with E-state index in [2.05, 4.69) is 28.7 Å². The van der Waals surface area contributed by atoms with Gasteiger partial charge in [0.05, 0.1) is 0 Å². The number of ether oxygens (including phenoxy) is 1. The van der Waals surface area contributed by atoms with Crippen LogP contribution in [0.4, 0.5) is 0 Å². The third kappa shape index (κ3) is 6.87. The maximum atomic E-state index is 12.0. The lowest BCUT2D eigenvalue weighted by atomic mass is 10.0. The quantitative estimate of drug-likeness (QED) is 0.506. The molecule has 1 aromatic heterocycles. The number of nitrogens with one attached hydrogen (secondary N) is 1. The number of hydrogen-bond donors (Lipinski definition) is 1. The molecule has 0 unspecified atom stereocenters. The Morgan fingerprint density at radius 2 is 1.84 bits per heavy atom. The highest BCUT2D eigenvalue weighted by Gasteiger charge is 2.13.